The highest BCUT2D eigenvalue weighted by atomic mass is 32.2. The van der Waals surface area contributed by atoms with Crippen molar-refractivity contribution in [3.8, 4) is 5.75 Å². The minimum absolute atomic E-state index is 0.0649. The number of nitrogens with zero attached hydrogens (tertiary/aromatic N) is 1. The highest BCUT2D eigenvalue weighted by Crippen LogP contribution is 2.21. The molecule has 0 amide bonds. The first-order chi connectivity index (χ1) is 10.9. The Morgan fingerprint density at radius 2 is 1.78 bits per heavy atom. The summed E-state index contributed by atoms with van der Waals surface area (Å²) < 4.78 is 28.2. The van der Waals surface area contributed by atoms with Crippen LogP contribution < -0.4 is 9.88 Å². The largest absolute Gasteiger partial charge is 0.489 e. The van der Waals surface area contributed by atoms with Crippen molar-refractivity contribution in [2.75, 3.05) is 0 Å². The smallest absolute Gasteiger partial charge is 0.238 e. The van der Waals surface area contributed by atoms with E-state index in [4.69, 9.17) is 9.88 Å². The molecule has 0 aliphatic rings. The van der Waals surface area contributed by atoms with Crippen molar-refractivity contribution in [2.45, 2.75) is 18.4 Å². The summed E-state index contributed by atoms with van der Waals surface area (Å²) in [5.41, 5.74) is 2.88. The molecular formula is C17H16N2O3S. The number of rotatable bonds is 4. The van der Waals surface area contributed by atoms with Gasteiger partial charge in [0.05, 0.1) is 10.4 Å². The lowest BCUT2D eigenvalue weighted by Crippen LogP contribution is -2.11. The number of benzene rings is 2. The fraction of sp³-hybridized carbons (Fsp3) is 0.118. The average molecular weight is 328 g/mol. The van der Waals surface area contributed by atoms with E-state index in [9.17, 15) is 8.42 Å². The summed E-state index contributed by atoms with van der Waals surface area (Å²) in [4.78, 5) is 4.56. The number of primary sulfonamides is 1. The second kappa shape index (κ2) is 5.98. The Labute approximate surface area is 134 Å². The summed E-state index contributed by atoms with van der Waals surface area (Å²) in [6.45, 7) is 2.31. The first kappa shape index (κ1) is 15.5. The van der Waals surface area contributed by atoms with Gasteiger partial charge in [-0.15, -0.1) is 0 Å². The second-order valence-electron chi connectivity index (χ2n) is 5.24. The number of hydrogen-bond acceptors (Lipinski definition) is 4. The molecule has 2 aromatic carbocycles. The Bertz CT molecular complexity index is 951. The van der Waals surface area contributed by atoms with Gasteiger partial charge in [0, 0.05) is 16.6 Å². The van der Waals surface area contributed by atoms with Crippen LogP contribution in [0, 0.1) is 6.92 Å². The fourth-order valence-corrected chi connectivity index (χ4v) is 2.92. The molecule has 1 heterocycles. The SMILES string of the molecule is Cc1cc(COc2ccc(S(N)(=O)=O)cc2)c2ccccc2n1. The Morgan fingerprint density at radius 1 is 1.09 bits per heavy atom. The summed E-state index contributed by atoms with van der Waals surface area (Å²) in [5, 5.41) is 6.12. The molecule has 0 saturated carbocycles. The van der Waals surface area contributed by atoms with Crippen molar-refractivity contribution in [2.24, 2.45) is 5.14 Å². The van der Waals surface area contributed by atoms with E-state index in [0.717, 1.165) is 22.2 Å². The van der Waals surface area contributed by atoms with Crippen molar-refractivity contribution < 1.29 is 13.2 Å². The highest BCUT2D eigenvalue weighted by Gasteiger charge is 2.08. The van der Waals surface area contributed by atoms with Crippen LogP contribution in [-0.4, -0.2) is 13.4 Å². The van der Waals surface area contributed by atoms with Gasteiger partial charge < -0.3 is 4.74 Å². The Kier molecular flexibility index (Phi) is 4.02. The van der Waals surface area contributed by atoms with Crippen molar-refractivity contribution in [3.05, 3.63) is 65.9 Å². The van der Waals surface area contributed by atoms with Crippen LogP contribution in [0.3, 0.4) is 0 Å². The number of ether oxygens (including phenoxy) is 1. The van der Waals surface area contributed by atoms with Crippen LogP contribution in [0.15, 0.2) is 59.5 Å². The summed E-state index contributed by atoms with van der Waals surface area (Å²) in [5.74, 6) is 0.580. The minimum atomic E-state index is -3.68. The van der Waals surface area contributed by atoms with Crippen LogP contribution in [0.4, 0.5) is 0 Å². The quantitative estimate of drug-likeness (QED) is 0.798. The molecule has 1 aromatic heterocycles. The summed E-state index contributed by atoms with van der Waals surface area (Å²) in [6, 6.07) is 15.9. The molecule has 0 spiro atoms. The average Bonchev–Trinajstić information content (AvgIpc) is 2.52. The van der Waals surface area contributed by atoms with E-state index in [1.807, 2.05) is 37.3 Å². The van der Waals surface area contributed by atoms with Gasteiger partial charge in [-0.25, -0.2) is 13.6 Å². The number of fused-ring (bicyclic) bond motifs is 1. The van der Waals surface area contributed by atoms with Crippen molar-refractivity contribution in [3.63, 3.8) is 0 Å². The second-order valence-corrected chi connectivity index (χ2v) is 6.81. The van der Waals surface area contributed by atoms with Crippen LogP contribution in [0.5, 0.6) is 5.75 Å². The number of nitrogens with two attached hydrogens (primary N) is 1. The standard InChI is InChI=1S/C17H16N2O3S/c1-12-10-13(16-4-2-3-5-17(16)19-12)11-22-14-6-8-15(9-7-14)23(18,20)21/h2-10H,11H2,1H3,(H2,18,20,21). The van der Waals surface area contributed by atoms with Crippen LogP contribution in [-0.2, 0) is 16.6 Å². The van der Waals surface area contributed by atoms with Gasteiger partial charge in [-0.2, -0.15) is 0 Å². The highest BCUT2D eigenvalue weighted by molar-refractivity contribution is 7.89. The summed E-state index contributed by atoms with van der Waals surface area (Å²) in [7, 11) is -3.68. The molecule has 0 radical (unpaired) electrons. The van der Waals surface area contributed by atoms with Gasteiger partial charge in [0.15, 0.2) is 0 Å². The molecule has 118 valence electrons. The molecule has 0 unspecified atom stereocenters. The lowest BCUT2D eigenvalue weighted by atomic mass is 10.1. The van der Waals surface area contributed by atoms with E-state index >= 15 is 0 Å². The minimum Gasteiger partial charge on any atom is -0.489 e. The monoisotopic (exact) mass is 328 g/mol. The van der Waals surface area contributed by atoms with E-state index in [-0.39, 0.29) is 4.90 Å². The Morgan fingerprint density at radius 3 is 2.48 bits per heavy atom. The third-order valence-corrected chi connectivity index (χ3v) is 4.41. The van der Waals surface area contributed by atoms with Crippen LogP contribution in [0.1, 0.15) is 11.3 Å². The molecule has 0 aliphatic carbocycles. The maximum absolute atomic E-state index is 11.2. The number of aromatic nitrogens is 1. The first-order valence-corrected chi connectivity index (χ1v) is 8.59. The third kappa shape index (κ3) is 3.49. The predicted octanol–water partition coefficient (Wildman–Crippen LogP) is 2.77. The molecule has 0 atom stereocenters. The normalized spacial score (nSPS) is 11.6. The predicted molar refractivity (Wildman–Crippen MR) is 88.6 cm³/mol. The fourth-order valence-electron chi connectivity index (χ4n) is 2.40. The zero-order valence-corrected chi connectivity index (χ0v) is 13.4. The van der Waals surface area contributed by atoms with E-state index in [1.54, 1.807) is 12.1 Å². The van der Waals surface area contributed by atoms with Gasteiger partial charge >= 0.3 is 0 Å². The number of pyridine rings is 1. The Hall–Kier alpha value is -2.44. The maximum atomic E-state index is 11.2. The molecule has 5 nitrogen and oxygen atoms in total. The zero-order valence-electron chi connectivity index (χ0n) is 12.6. The van der Waals surface area contributed by atoms with Gasteiger partial charge in [-0.05, 0) is 43.3 Å². The number of sulfonamides is 1. The van der Waals surface area contributed by atoms with Crippen molar-refractivity contribution in [1.82, 2.24) is 4.98 Å². The number of hydrogen-bond donors (Lipinski definition) is 1. The molecule has 0 saturated heterocycles. The molecule has 0 fully saturated rings. The lowest BCUT2D eigenvalue weighted by Gasteiger charge is -2.10. The van der Waals surface area contributed by atoms with E-state index in [0.29, 0.717) is 12.4 Å². The third-order valence-electron chi connectivity index (χ3n) is 3.48. The van der Waals surface area contributed by atoms with Gasteiger partial charge in [-0.1, -0.05) is 18.2 Å². The van der Waals surface area contributed by atoms with Crippen molar-refractivity contribution >= 4 is 20.9 Å². The zero-order chi connectivity index (χ0) is 16.4. The molecule has 3 rings (SSSR count). The van der Waals surface area contributed by atoms with Gasteiger partial charge in [0.1, 0.15) is 12.4 Å². The van der Waals surface area contributed by atoms with Gasteiger partial charge in [0.2, 0.25) is 10.0 Å². The molecule has 23 heavy (non-hydrogen) atoms. The van der Waals surface area contributed by atoms with E-state index in [1.165, 1.54) is 12.1 Å². The molecule has 0 bridgehead atoms. The van der Waals surface area contributed by atoms with E-state index < -0.39 is 10.0 Å². The Balaban J connectivity index is 1.84. The summed E-state index contributed by atoms with van der Waals surface area (Å²) >= 11 is 0. The molecule has 0 aliphatic heterocycles. The topological polar surface area (TPSA) is 82.3 Å². The lowest BCUT2D eigenvalue weighted by molar-refractivity contribution is 0.307. The maximum Gasteiger partial charge on any atom is 0.238 e. The van der Waals surface area contributed by atoms with Crippen LogP contribution >= 0.6 is 0 Å². The first-order valence-electron chi connectivity index (χ1n) is 7.04. The van der Waals surface area contributed by atoms with Crippen molar-refractivity contribution in [1.29, 1.82) is 0 Å². The summed E-state index contributed by atoms with van der Waals surface area (Å²) in [6.07, 6.45) is 0. The molecule has 2 N–H and O–H groups in total. The molecular weight excluding hydrogens is 312 g/mol. The molecule has 3 aromatic rings. The van der Waals surface area contributed by atoms with Crippen LogP contribution in [0.2, 0.25) is 0 Å². The van der Waals surface area contributed by atoms with Crippen LogP contribution in [0.25, 0.3) is 10.9 Å². The van der Waals surface area contributed by atoms with E-state index in [2.05, 4.69) is 4.98 Å². The van der Waals surface area contributed by atoms with Gasteiger partial charge in [-0.3, -0.25) is 4.98 Å². The number of aryl methyl sites for hydroxylation is 1. The molecule has 6 heteroatoms. The van der Waals surface area contributed by atoms with Gasteiger partial charge in [0.25, 0.3) is 0 Å². The number of para-hydroxylation sites is 1.